The molecule has 0 saturated carbocycles. The molecule has 0 radical (unpaired) electrons. The molecule has 0 amide bonds. The Bertz CT molecular complexity index is 365. The molecule has 0 bridgehead atoms. The lowest BCUT2D eigenvalue weighted by Crippen LogP contribution is -2.23. The maximum absolute atomic E-state index is 11.3. The largest absolute Gasteiger partial charge is 0.372 e. The Kier molecular flexibility index (Phi) is 3.60. The molecule has 1 saturated heterocycles. The van der Waals surface area contributed by atoms with Crippen LogP contribution in [0.3, 0.4) is 0 Å². The second-order valence-electron chi connectivity index (χ2n) is 4.51. The van der Waals surface area contributed by atoms with Gasteiger partial charge in [0.1, 0.15) is 0 Å². The summed E-state index contributed by atoms with van der Waals surface area (Å²) in [5.74, 6) is 0.150. The Balaban J connectivity index is 2.18. The van der Waals surface area contributed by atoms with Crippen LogP contribution in [-0.4, -0.2) is 18.9 Å². The van der Waals surface area contributed by atoms with E-state index in [1.54, 1.807) is 6.92 Å². The van der Waals surface area contributed by atoms with Crippen molar-refractivity contribution in [2.45, 2.75) is 32.6 Å². The van der Waals surface area contributed by atoms with Gasteiger partial charge in [-0.1, -0.05) is 25.0 Å². The van der Waals surface area contributed by atoms with Crippen LogP contribution in [-0.2, 0) is 0 Å². The van der Waals surface area contributed by atoms with E-state index in [-0.39, 0.29) is 5.78 Å². The molecule has 0 aromatic heterocycles. The zero-order valence-corrected chi connectivity index (χ0v) is 9.91. The molecule has 1 aromatic rings. The van der Waals surface area contributed by atoms with E-state index in [2.05, 4.69) is 11.0 Å². The molecule has 1 aliphatic rings. The summed E-state index contributed by atoms with van der Waals surface area (Å²) < 4.78 is 0. The lowest BCUT2D eigenvalue weighted by molar-refractivity contribution is 0.101. The molecule has 2 nitrogen and oxygen atoms in total. The Hall–Kier alpha value is -1.31. The lowest BCUT2D eigenvalue weighted by Gasteiger charge is -2.22. The monoisotopic (exact) mass is 217 g/mol. The summed E-state index contributed by atoms with van der Waals surface area (Å²) in [6.07, 6.45) is 5.21. The number of ketones is 1. The fraction of sp³-hybridized carbons (Fsp3) is 0.500. The van der Waals surface area contributed by atoms with Gasteiger partial charge >= 0.3 is 0 Å². The van der Waals surface area contributed by atoms with Crippen LogP contribution < -0.4 is 4.90 Å². The van der Waals surface area contributed by atoms with Crippen molar-refractivity contribution in [3.05, 3.63) is 29.8 Å². The number of anilines is 1. The molecule has 1 aromatic carbocycles. The van der Waals surface area contributed by atoms with Gasteiger partial charge in [-0.15, -0.1) is 0 Å². The molecule has 86 valence electrons. The minimum absolute atomic E-state index is 0.150. The highest BCUT2D eigenvalue weighted by Crippen LogP contribution is 2.20. The first kappa shape index (κ1) is 11.2. The molecule has 1 fully saturated rings. The second kappa shape index (κ2) is 5.15. The highest BCUT2D eigenvalue weighted by atomic mass is 16.1. The highest BCUT2D eigenvalue weighted by molar-refractivity contribution is 5.94. The molecule has 0 unspecified atom stereocenters. The average molecular weight is 217 g/mol. The number of hydrogen-bond donors (Lipinski definition) is 0. The number of hydrogen-bond acceptors (Lipinski definition) is 2. The predicted molar refractivity (Wildman–Crippen MR) is 67.1 cm³/mol. The summed E-state index contributed by atoms with van der Waals surface area (Å²) in [4.78, 5) is 13.7. The summed E-state index contributed by atoms with van der Waals surface area (Å²) >= 11 is 0. The van der Waals surface area contributed by atoms with Crippen LogP contribution in [0.1, 0.15) is 43.0 Å². The fourth-order valence-corrected chi connectivity index (χ4v) is 2.25. The molecular weight excluding hydrogens is 198 g/mol. The van der Waals surface area contributed by atoms with Crippen LogP contribution in [0.2, 0.25) is 0 Å². The maximum Gasteiger partial charge on any atom is 0.159 e. The fourth-order valence-electron chi connectivity index (χ4n) is 2.25. The van der Waals surface area contributed by atoms with Crippen molar-refractivity contribution < 1.29 is 4.79 Å². The topological polar surface area (TPSA) is 20.3 Å². The normalized spacial score (nSPS) is 16.9. The summed E-state index contributed by atoms with van der Waals surface area (Å²) in [7, 11) is 0. The highest BCUT2D eigenvalue weighted by Gasteiger charge is 2.10. The second-order valence-corrected chi connectivity index (χ2v) is 4.51. The first-order valence-electron chi connectivity index (χ1n) is 6.13. The van der Waals surface area contributed by atoms with E-state index in [4.69, 9.17) is 0 Å². The summed E-state index contributed by atoms with van der Waals surface area (Å²) in [6, 6.07) is 8.01. The van der Waals surface area contributed by atoms with Crippen LogP contribution in [0.25, 0.3) is 0 Å². The predicted octanol–water partition coefficient (Wildman–Crippen LogP) is 3.27. The van der Waals surface area contributed by atoms with Gasteiger partial charge in [0.05, 0.1) is 0 Å². The Morgan fingerprint density at radius 3 is 2.44 bits per heavy atom. The SMILES string of the molecule is CC(=O)c1cccc(N2CCCCCC2)c1. The quantitative estimate of drug-likeness (QED) is 0.709. The number of benzene rings is 1. The van der Waals surface area contributed by atoms with Crippen molar-refractivity contribution in [3.63, 3.8) is 0 Å². The summed E-state index contributed by atoms with van der Waals surface area (Å²) in [6.45, 7) is 3.88. The van der Waals surface area contributed by atoms with Gasteiger partial charge in [-0.05, 0) is 31.9 Å². The molecule has 0 atom stereocenters. The summed E-state index contributed by atoms with van der Waals surface area (Å²) in [5.41, 5.74) is 2.02. The Labute approximate surface area is 97.3 Å². The number of nitrogens with zero attached hydrogens (tertiary/aromatic N) is 1. The van der Waals surface area contributed by atoms with Crippen molar-refractivity contribution >= 4 is 11.5 Å². The van der Waals surface area contributed by atoms with Gasteiger partial charge in [0.25, 0.3) is 0 Å². The van der Waals surface area contributed by atoms with Gasteiger partial charge < -0.3 is 4.90 Å². The van der Waals surface area contributed by atoms with Crippen molar-refractivity contribution in [1.29, 1.82) is 0 Å². The van der Waals surface area contributed by atoms with E-state index >= 15 is 0 Å². The number of Topliss-reactive ketones (excluding diaryl/α,β-unsaturated/α-hetero) is 1. The van der Waals surface area contributed by atoms with Crippen LogP contribution in [0.4, 0.5) is 5.69 Å². The van der Waals surface area contributed by atoms with Crippen molar-refractivity contribution in [3.8, 4) is 0 Å². The third kappa shape index (κ3) is 2.63. The summed E-state index contributed by atoms with van der Waals surface area (Å²) in [5, 5.41) is 0. The van der Waals surface area contributed by atoms with Crippen LogP contribution >= 0.6 is 0 Å². The number of carbonyl (C=O) groups excluding carboxylic acids is 1. The zero-order chi connectivity index (χ0) is 11.4. The first-order valence-corrected chi connectivity index (χ1v) is 6.13. The molecule has 2 heteroatoms. The Morgan fingerprint density at radius 1 is 1.12 bits per heavy atom. The van der Waals surface area contributed by atoms with Crippen molar-refractivity contribution in [2.75, 3.05) is 18.0 Å². The van der Waals surface area contributed by atoms with Crippen molar-refractivity contribution in [1.82, 2.24) is 0 Å². The van der Waals surface area contributed by atoms with Crippen LogP contribution in [0, 0.1) is 0 Å². The van der Waals surface area contributed by atoms with Crippen molar-refractivity contribution in [2.24, 2.45) is 0 Å². The first-order chi connectivity index (χ1) is 7.77. The number of carbonyl (C=O) groups is 1. The van der Waals surface area contributed by atoms with Gasteiger partial charge in [0, 0.05) is 24.3 Å². The average Bonchev–Trinajstić information content (AvgIpc) is 2.57. The van der Waals surface area contributed by atoms with Gasteiger partial charge in [0.15, 0.2) is 5.78 Å². The third-order valence-corrected chi connectivity index (χ3v) is 3.22. The molecule has 1 heterocycles. The minimum Gasteiger partial charge on any atom is -0.372 e. The lowest BCUT2D eigenvalue weighted by atomic mass is 10.1. The molecule has 0 aliphatic carbocycles. The van der Waals surface area contributed by atoms with E-state index < -0.39 is 0 Å². The maximum atomic E-state index is 11.3. The van der Waals surface area contributed by atoms with Crippen LogP contribution in [0.15, 0.2) is 24.3 Å². The molecule has 1 aliphatic heterocycles. The smallest absolute Gasteiger partial charge is 0.159 e. The third-order valence-electron chi connectivity index (χ3n) is 3.22. The van der Waals surface area contributed by atoms with Gasteiger partial charge in [-0.3, -0.25) is 4.79 Å². The van der Waals surface area contributed by atoms with Crippen LogP contribution in [0.5, 0.6) is 0 Å². The minimum atomic E-state index is 0.150. The van der Waals surface area contributed by atoms with Gasteiger partial charge in [-0.2, -0.15) is 0 Å². The molecule has 0 N–H and O–H groups in total. The molecular formula is C14H19NO. The van der Waals surface area contributed by atoms with Gasteiger partial charge in [-0.25, -0.2) is 0 Å². The zero-order valence-electron chi connectivity index (χ0n) is 9.91. The van der Waals surface area contributed by atoms with Gasteiger partial charge in [0.2, 0.25) is 0 Å². The van der Waals surface area contributed by atoms with E-state index in [1.165, 1.54) is 31.4 Å². The van der Waals surface area contributed by atoms with E-state index in [1.807, 2.05) is 18.2 Å². The standard InChI is InChI=1S/C14H19NO/c1-12(16)13-7-6-8-14(11-13)15-9-4-2-3-5-10-15/h6-8,11H,2-5,9-10H2,1H3. The van der Waals surface area contributed by atoms with E-state index in [0.29, 0.717) is 0 Å². The van der Waals surface area contributed by atoms with E-state index in [0.717, 1.165) is 18.7 Å². The molecule has 16 heavy (non-hydrogen) atoms. The Morgan fingerprint density at radius 2 is 1.81 bits per heavy atom. The van der Waals surface area contributed by atoms with E-state index in [9.17, 15) is 4.79 Å². The number of rotatable bonds is 2. The molecule has 2 rings (SSSR count). The molecule has 0 spiro atoms.